The van der Waals surface area contributed by atoms with Crippen LogP contribution < -0.4 is 11.1 Å². The first kappa shape index (κ1) is 11.1. The molecule has 0 saturated heterocycles. The Balaban J connectivity index is 2.71. The van der Waals surface area contributed by atoms with Crippen LogP contribution in [-0.2, 0) is 6.54 Å². The van der Waals surface area contributed by atoms with E-state index in [0.717, 1.165) is 5.56 Å². The molecule has 0 spiro atoms. The second-order valence-corrected chi connectivity index (χ2v) is 2.99. The number of hydrogen-bond donors (Lipinski definition) is 3. The minimum absolute atomic E-state index is 0.105. The number of nitrogens with zero attached hydrogens (tertiary/aromatic N) is 1. The lowest BCUT2D eigenvalue weighted by Gasteiger charge is -2.04. The average molecular weight is 203 g/mol. The van der Waals surface area contributed by atoms with Crippen LogP contribution in [0.3, 0.4) is 0 Å². The Hall–Kier alpha value is -1.99. The van der Waals surface area contributed by atoms with Crippen LogP contribution in [0.15, 0.2) is 29.4 Å². The number of terminal acetylenes is 1. The maximum absolute atomic E-state index is 8.51. The molecule has 0 fully saturated rings. The normalized spacial score (nSPS) is 11.0. The van der Waals surface area contributed by atoms with E-state index in [1.54, 1.807) is 6.07 Å². The van der Waals surface area contributed by atoms with Gasteiger partial charge < -0.3 is 16.3 Å². The first-order chi connectivity index (χ1) is 7.27. The predicted octanol–water partition coefficient (Wildman–Crippen LogP) is 0.504. The molecule has 1 aromatic rings. The van der Waals surface area contributed by atoms with Crippen LogP contribution in [0.5, 0.6) is 0 Å². The molecule has 0 bridgehead atoms. The molecule has 1 rings (SSSR count). The van der Waals surface area contributed by atoms with Gasteiger partial charge in [0.25, 0.3) is 0 Å². The van der Waals surface area contributed by atoms with Gasteiger partial charge in [0.05, 0.1) is 6.54 Å². The van der Waals surface area contributed by atoms with Crippen LogP contribution in [0, 0.1) is 12.3 Å². The third-order valence-electron chi connectivity index (χ3n) is 1.89. The summed E-state index contributed by atoms with van der Waals surface area (Å²) < 4.78 is 0. The Labute approximate surface area is 88.8 Å². The summed E-state index contributed by atoms with van der Waals surface area (Å²) in [6, 6.07) is 7.41. The molecule has 4 heteroatoms. The molecule has 0 aliphatic rings. The van der Waals surface area contributed by atoms with E-state index in [1.165, 1.54) is 0 Å². The lowest BCUT2D eigenvalue weighted by atomic mass is 10.1. The molecule has 0 radical (unpaired) electrons. The Morgan fingerprint density at radius 1 is 1.60 bits per heavy atom. The van der Waals surface area contributed by atoms with Gasteiger partial charge in [-0.3, -0.25) is 0 Å². The lowest BCUT2D eigenvalue weighted by molar-refractivity contribution is 0.318. The molecule has 0 aromatic heterocycles. The van der Waals surface area contributed by atoms with Crippen LogP contribution in [0.4, 0.5) is 0 Å². The van der Waals surface area contributed by atoms with Gasteiger partial charge in [-0.05, 0) is 11.6 Å². The zero-order valence-electron chi connectivity index (χ0n) is 8.27. The van der Waals surface area contributed by atoms with Crippen molar-refractivity contribution in [3.63, 3.8) is 0 Å². The summed E-state index contributed by atoms with van der Waals surface area (Å²) in [5.41, 5.74) is 7.19. The van der Waals surface area contributed by atoms with Gasteiger partial charge in [-0.15, -0.1) is 6.42 Å². The summed E-state index contributed by atoms with van der Waals surface area (Å²) in [5.74, 6) is 2.59. The van der Waals surface area contributed by atoms with E-state index in [9.17, 15) is 0 Å². The molecule has 0 heterocycles. The first-order valence-corrected chi connectivity index (χ1v) is 4.49. The Morgan fingerprint density at radius 3 is 3.07 bits per heavy atom. The van der Waals surface area contributed by atoms with E-state index in [2.05, 4.69) is 16.4 Å². The van der Waals surface area contributed by atoms with Gasteiger partial charge in [-0.1, -0.05) is 29.3 Å². The van der Waals surface area contributed by atoms with E-state index >= 15 is 0 Å². The highest BCUT2D eigenvalue weighted by atomic mass is 16.4. The Bertz CT molecular complexity index is 393. The van der Waals surface area contributed by atoms with Gasteiger partial charge in [0, 0.05) is 12.1 Å². The van der Waals surface area contributed by atoms with Crippen molar-refractivity contribution in [2.45, 2.75) is 6.54 Å². The average Bonchev–Trinajstić information content (AvgIpc) is 2.29. The largest absolute Gasteiger partial charge is 0.409 e. The molecule has 78 valence electrons. The topological polar surface area (TPSA) is 70.6 Å². The van der Waals surface area contributed by atoms with E-state index in [0.29, 0.717) is 18.7 Å². The van der Waals surface area contributed by atoms with Crippen LogP contribution >= 0.6 is 0 Å². The van der Waals surface area contributed by atoms with Gasteiger partial charge in [-0.25, -0.2) is 0 Å². The molecule has 0 atom stereocenters. The molecular formula is C11H13N3O. The molecule has 0 saturated carbocycles. The fourth-order valence-corrected chi connectivity index (χ4v) is 1.18. The van der Waals surface area contributed by atoms with Crippen molar-refractivity contribution in [1.82, 2.24) is 5.32 Å². The third-order valence-corrected chi connectivity index (χ3v) is 1.89. The van der Waals surface area contributed by atoms with Crippen LogP contribution in [0.1, 0.15) is 11.1 Å². The number of nitrogens with two attached hydrogens (primary N) is 1. The van der Waals surface area contributed by atoms with Crippen molar-refractivity contribution >= 4 is 5.84 Å². The number of oxime groups is 1. The molecule has 0 aliphatic heterocycles. The van der Waals surface area contributed by atoms with Crippen molar-refractivity contribution < 1.29 is 5.21 Å². The van der Waals surface area contributed by atoms with Crippen LogP contribution in [0.25, 0.3) is 0 Å². The van der Waals surface area contributed by atoms with Gasteiger partial charge in [0.2, 0.25) is 0 Å². The summed E-state index contributed by atoms with van der Waals surface area (Å²) in [6.45, 7) is 1.19. The Kier molecular flexibility index (Phi) is 4.20. The van der Waals surface area contributed by atoms with E-state index in [4.69, 9.17) is 17.4 Å². The Morgan fingerprint density at radius 2 is 2.40 bits per heavy atom. The number of hydrogen-bond acceptors (Lipinski definition) is 3. The maximum Gasteiger partial charge on any atom is 0.170 e. The summed E-state index contributed by atoms with van der Waals surface area (Å²) in [5, 5.41) is 14.5. The van der Waals surface area contributed by atoms with Gasteiger partial charge >= 0.3 is 0 Å². The SMILES string of the molecule is C#CCNCc1cccc(C(N)=NO)c1. The second-order valence-electron chi connectivity index (χ2n) is 2.99. The highest BCUT2D eigenvalue weighted by Crippen LogP contribution is 2.04. The number of rotatable bonds is 4. The van der Waals surface area contributed by atoms with Crippen molar-refractivity contribution in [3.05, 3.63) is 35.4 Å². The summed E-state index contributed by atoms with van der Waals surface area (Å²) in [6.07, 6.45) is 5.11. The van der Waals surface area contributed by atoms with Crippen molar-refractivity contribution in [3.8, 4) is 12.3 Å². The zero-order chi connectivity index (χ0) is 11.1. The number of benzene rings is 1. The smallest absolute Gasteiger partial charge is 0.170 e. The summed E-state index contributed by atoms with van der Waals surface area (Å²) in [4.78, 5) is 0. The fraction of sp³-hybridized carbons (Fsp3) is 0.182. The van der Waals surface area contributed by atoms with Gasteiger partial charge in [0.1, 0.15) is 0 Å². The molecule has 1 aromatic carbocycles. The minimum atomic E-state index is 0.105. The standard InChI is InChI=1S/C11H13N3O/c1-2-6-13-8-9-4-3-5-10(7-9)11(12)14-15/h1,3-5,7,13,15H,6,8H2,(H2,12,14). The quantitative estimate of drug-likeness (QED) is 0.167. The first-order valence-electron chi connectivity index (χ1n) is 4.49. The number of nitrogens with one attached hydrogen (secondary N) is 1. The van der Waals surface area contributed by atoms with Gasteiger partial charge in [-0.2, -0.15) is 0 Å². The predicted molar refractivity (Wildman–Crippen MR) is 59.5 cm³/mol. The lowest BCUT2D eigenvalue weighted by Crippen LogP contribution is -2.16. The molecule has 4 N–H and O–H groups in total. The van der Waals surface area contributed by atoms with Crippen molar-refractivity contribution in [1.29, 1.82) is 0 Å². The van der Waals surface area contributed by atoms with E-state index < -0.39 is 0 Å². The molecule has 4 nitrogen and oxygen atoms in total. The molecule has 0 aliphatic carbocycles. The highest BCUT2D eigenvalue weighted by Gasteiger charge is 1.99. The third kappa shape index (κ3) is 3.33. The molecule has 0 unspecified atom stereocenters. The molecular weight excluding hydrogens is 190 g/mol. The summed E-state index contributed by atoms with van der Waals surface area (Å²) >= 11 is 0. The van der Waals surface area contributed by atoms with Crippen LogP contribution in [0.2, 0.25) is 0 Å². The summed E-state index contributed by atoms with van der Waals surface area (Å²) in [7, 11) is 0. The second kappa shape index (κ2) is 5.68. The highest BCUT2D eigenvalue weighted by molar-refractivity contribution is 5.97. The minimum Gasteiger partial charge on any atom is -0.409 e. The van der Waals surface area contributed by atoms with Crippen molar-refractivity contribution in [2.24, 2.45) is 10.9 Å². The van der Waals surface area contributed by atoms with E-state index in [-0.39, 0.29) is 5.84 Å². The van der Waals surface area contributed by atoms with Gasteiger partial charge in [0.15, 0.2) is 5.84 Å². The molecule has 15 heavy (non-hydrogen) atoms. The maximum atomic E-state index is 8.51. The number of amidine groups is 1. The fourth-order valence-electron chi connectivity index (χ4n) is 1.18. The monoisotopic (exact) mass is 203 g/mol. The molecule has 0 amide bonds. The van der Waals surface area contributed by atoms with Crippen LogP contribution in [-0.4, -0.2) is 17.6 Å². The zero-order valence-corrected chi connectivity index (χ0v) is 8.27. The van der Waals surface area contributed by atoms with Crippen molar-refractivity contribution in [2.75, 3.05) is 6.54 Å². The van der Waals surface area contributed by atoms with E-state index in [1.807, 2.05) is 18.2 Å².